The average molecular weight is 280 g/mol. The number of carbonyl (C=O) groups is 2. The van der Waals surface area contributed by atoms with Gasteiger partial charge in [-0.2, -0.15) is 0 Å². The van der Waals surface area contributed by atoms with Crippen LogP contribution in [-0.4, -0.2) is 33.4 Å². The second-order valence-electron chi connectivity index (χ2n) is 4.67. The highest BCUT2D eigenvalue weighted by molar-refractivity contribution is 8.13. The molecule has 1 aromatic heterocycles. The molecule has 1 aliphatic heterocycles. The molecule has 0 saturated carbocycles. The van der Waals surface area contributed by atoms with Crippen molar-refractivity contribution in [3.05, 3.63) is 17.8 Å². The van der Waals surface area contributed by atoms with E-state index in [-0.39, 0.29) is 22.7 Å². The summed E-state index contributed by atoms with van der Waals surface area (Å²) < 4.78 is 0. The number of anilines is 1. The maximum Gasteiger partial charge on any atom is 0.228 e. The lowest BCUT2D eigenvalue weighted by atomic mass is 10.1. The Hall–Kier alpha value is -1.56. The molecular formula is C13H16N2O3S. The molecule has 0 aromatic carbocycles. The summed E-state index contributed by atoms with van der Waals surface area (Å²) in [6.45, 7) is 3.84. The smallest absolute Gasteiger partial charge is 0.228 e. The molecule has 5 nitrogen and oxygen atoms in total. The molecule has 1 unspecified atom stereocenters. The molecule has 2 heterocycles. The van der Waals surface area contributed by atoms with E-state index in [0.717, 1.165) is 5.69 Å². The number of nitrogens with zero attached hydrogens (tertiary/aromatic N) is 2. The topological polar surface area (TPSA) is 70.5 Å². The minimum Gasteiger partial charge on any atom is -0.504 e. The summed E-state index contributed by atoms with van der Waals surface area (Å²) in [6.07, 6.45) is 0.398. The van der Waals surface area contributed by atoms with Crippen LogP contribution in [0.15, 0.2) is 12.1 Å². The SMILES string of the molecule is CC(=O)SCC1CC(=O)N(c2nc(C)ccc2O)C1. The van der Waals surface area contributed by atoms with Gasteiger partial charge in [0.15, 0.2) is 16.7 Å². The van der Waals surface area contributed by atoms with Crippen LogP contribution >= 0.6 is 11.8 Å². The number of rotatable bonds is 3. The fourth-order valence-electron chi connectivity index (χ4n) is 2.07. The molecule has 19 heavy (non-hydrogen) atoms. The van der Waals surface area contributed by atoms with Gasteiger partial charge in [-0.3, -0.25) is 14.5 Å². The third-order valence-corrected chi connectivity index (χ3v) is 4.02. The van der Waals surface area contributed by atoms with Gasteiger partial charge in [0.1, 0.15) is 0 Å². The Morgan fingerprint density at radius 2 is 2.32 bits per heavy atom. The number of hydrogen-bond acceptors (Lipinski definition) is 5. The van der Waals surface area contributed by atoms with Crippen LogP contribution in [0, 0.1) is 12.8 Å². The summed E-state index contributed by atoms with van der Waals surface area (Å²) in [7, 11) is 0. The number of hydrogen-bond donors (Lipinski definition) is 1. The normalized spacial score (nSPS) is 18.9. The summed E-state index contributed by atoms with van der Waals surface area (Å²) in [5.41, 5.74) is 0.752. The van der Waals surface area contributed by atoms with E-state index < -0.39 is 0 Å². The van der Waals surface area contributed by atoms with Crippen LogP contribution in [0.2, 0.25) is 0 Å². The van der Waals surface area contributed by atoms with Crippen molar-refractivity contribution in [2.45, 2.75) is 20.3 Å². The largest absolute Gasteiger partial charge is 0.504 e. The minimum absolute atomic E-state index is 0.0128. The summed E-state index contributed by atoms with van der Waals surface area (Å²) >= 11 is 1.23. The molecular weight excluding hydrogens is 264 g/mol. The fourth-order valence-corrected chi connectivity index (χ4v) is 2.76. The Morgan fingerprint density at radius 1 is 1.58 bits per heavy atom. The summed E-state index contributed by atoms with van der Waals surface area (Å²) in [5.74, 6) is 1.04. The first-order chi connectivity index (χ1) is 8.97. The van der Waals surface area contributed by atoms with Crippen molar-refractivity contribution in [1.29, 1.82) is 0 Å². The van der Waals surface area contributed by atoms with Crippen LogP contribution in [-0.2, 0) is 9.59 Å². The molecule has 1 fully saturated rings. The maximum atomic E-state index is 12.0. The minimum atomic E-state index is -0.0532. The third-order valence-electron chi connectivity index (χ3n) is 2.98. The van der Waals surface area contributed by atoms with Crippen molar-refractivity contribution in [2.24, 2.45) is 5.92 Å². The first kappa shape index (κ1) is 13.9. The second-order valence-corrected chi connectivity index (χ2v) is 5.87. The highest BCUT2D eigenvalue weighted by Gasteiger charge is 2.32. The van der Waals surface area contributed by atoms with Gasteiger partial charge in [-0.15, -0.1) is 0 Å². The van der Waals surface area contributed by atoms with Gasteiger partial charge >= 0.3 is 0 Å². The highest BCUT2D eigenvalue weighted by atomic mass is 32.2. The van der Waals surface area contributed by atoms with Gasteiger partial charge in [-0.25, -0.2) is 4.98 Å². The number of aromatic nitrogens is 1. The molecule has 2 rings (SSSR count). The van der Waals surface area contributed by atoms with Gasteiger partial charge in [0, 0.05) is 31.3 Å². The zero-order valence-electron chi connectivity index (χ0n) is 10.9. The summed E-state index contributed by atoms with van der Waals surface area (Å²) in [5, 5.41) is 9.86. The molecule has 0 aliphatic carbocycles. The van der Waals surface area contributed by atoms with Crippen LogP contribution < -0.4 is 4.90 Å². The van der Waals surface area contributed by atoms with Crippen LogP contribution in [0.4, 0.5) is 5.82 Å². The van der Waals surface area contributed by atoms with Crippen molar-refractivity contribution in [3.8, 4) is 5.75 Å². The standard InChI is InChI=1S/C13H16N2O3S/c1-8-3-4-11(17)13(14-8)15-6-10(5-12(15)18)7-19-9(2)16/h3-4,10,17H,5-7H2,1-2H3. The molecule has 1 saturated heterocycles. The van der Waals surface area contributed by atoms with Gasteiger partial charge in [0.05, 0.1) is 0 Å². The van der Waals surface area contributed by atoms with Crippen molar-refractivity contribution in [3.63, 3.8) is 0 Å². The van der Waals surface area contributed by atoms with Gasteiger partial charge in [-0.1, -0.05) is 11.8 Å². The number of carbonyl (C=O) groups excluding carboxylic acids is 2. The Labute approximate surface area is 116 Å². The Morgan fingerprint density at radius 3 is 3.00 bits per heavy atom. The van der Waals surface area contributed by atoms with Crippen LogP contribution in [0.25, 0.3) is 0 Å². The number of amides is 1. The first-order valence-electron chi connectivity index (χ1n) is 6.07. The van der Waals surface area contributed by atoms with Gasteiger partial charge in [0.25, 0.3) is 0 Å². The molecule has 102 valence electrons. The van der Waals surface area contributed by atoms with Gasteiger partial charge in [-0.05, 0) is 25.0 Å². The van der Waals surface area contributed by atoms with Crippen molar-refractivity contribution >= 4 is 28.6 Å². The fraction of sp³-hybridized carbons (Fsp3) is 0.462. The van der Waals surface area contributed by atoms with Crippen LogP contribution in [0.3, 0.4) is 0 Å². The molecule has 6 heteroatoms. The Bertz CT molecular complexity index is 519. The van der Waals surface area contributed by atoms with Crippen molar-refractivity contribution in [1.82, 2.24) is 4.98 Å². The zero-order chi connectivity index (χ0) is 14.0. The summed E-state index contributed by atoms with van der Waals surface area (Å²) in [4.78, 5) is 28.6. The van der Waals surface area contributed by atoms with E-state index in [4.69, 9.17) is 0 Å². The van der Waals surface area contributed by atoms with E-state index in [1.165, 1.54) is 23.6 Å². The predicted molar refractivity (Wildman–Crippen MR) is 74.2 cm³/mol. The third kappa shape index (κ3) is 3.26. The summed E-state index contributed by atoms with van der Waals surface area (Å²) in [6, 6.07) is 3.24. The monoisotopic (exact) mass is 280 g/mol. The molecule has 1 aliphatic rings. The lowest BCUT2D eigenvalue weighted by Crippen LogP contribution is -2.26. The average Bonchev–Trinajstić information content (AvgIpc) is 2.71. The quantitative estimate of drug-likeness (QED) is 0.913. The maximum absolute atomic E-state index is 12.0. The lowest BCUT2D eigenvalue weighted by molar-refractivity contribution is -0.117. The number of aryl methyl sites for hydroxylation is 1. The Balaban J connectivity index is 2.11. The molecule has 0 spiro atoms. The van der Waals surface area contributed by atoms with E-state index in [1.54, 1.807) is 12.1 Å². The van der Waals surface area contributed by atoms with Crippen LogP contribution in [0.1, 0.15) is 19.0 Å². The molecule has 1 aromatic rings. The second kappa shape index (κ2) is 5.61. The Kier molecular flexibility index (Phi) is 4.09. The van der Waals surface area contributed by atoms with E-state index >= 15 is 0 Å². The zero-order valence-corrected chi connectivity index (χ0v) is 11.7. The van der Waals surface area contributed by atoms with Gasteiger partial charge < -0.3 is 5.11 Å². The molecule has 1 atom stereocenters. The van der Waals surface area contributed by atoms with Crippen molar-refractivity contribution < 1.29 is 14.7 Å². The lowest BCUT2D eigenvalue weighted by Gasteiger charge is -2.17. The molecule has 0 radical (unpaired) electrons. The van der Waals surface area contributed by atoms with E-state index in [1.807, 2.05) is 6.92 Å². The number of thioether (sulfide) groups is 1. The first-order valence-corrected chi connectivity index (χ1v) is 7.06. The number of pyridine rings is 1. The van der Waals surface area contributed by atoms with E-state index in [0.29, 0.717) is 24.5 Å². The van der Waals surface area contributed by atoms with Crippen LogP contribution in [0.5, 0.6) is 5.75 Å². The van der Waals surface area contributed by atoms with Gasteiger partial charge in [0.2, 0.25) is 5.91 Å². The van der Waals surface area contributed by atoms with Crippen molar-refractivity contribution in [2.75, 3.05) is 17.2 Å². The van der Waals surface area contributed by atoms with E-state index in [2.05, 4.69) is 4.98 Å². The molecule has 1 amide bonds. The predicted octanol–water partition coefficient (Wildman–Crippen LogP) is 1.73. The van der Waals surface area contributed by atoms with E-state index in [9.17, 15) is 14.7 Å². The molecule has 0 bridgehead atoms. The highest BCUT2D eigenvalue weighted by Crippen LogP contribution is 2.31. The number of aromatic hydroxyl groups is 1. The molecule has 1 N–H and O–H groups in total.